The number of carboxylic acids is 1. The molecule has 3 heterocycles. The number of aromatic nitrogens is 1. The molecule has 0 bridgehead atoms. The van der Waals surface area contributed by atoms with Crippen LogP contribution in [0, 0.1) is 5.92 Å². The standard InChI is InChI=1S/C29H35ClN4O10/c1-13(2)34-8-6-15(7-9-34)26(39)33-21-18(27(40)32-20-5-4-17(30)12-31-20)10-16(14(3)35)11-19(21)43-29-24(38)22(36)23(37)25(44-29)28(41)42/h4-5,10-13,15,22-25,29,36-38H,6-9H2,1-3H3,(H,33,39)(H,41,42)(H,31,32,40)/t22-,23-,24+,25-,29+/m0/s1. The molecule has 1 aromatic carbocycles. The molecule has 0 spiro atoms. The zero-order valence-electron chi connectivity index (χ0n) is 24.3. The van der Waals surface area contributed by atoms with Crippen molar-refractivity contribution < 1.29 is 49.1 Å². The number of benzene rings is 1. The molecule has 0 aliphatic carbocycles. The largest absolute Gasteiger partial charge is 0.479 e. The monoisotopic (exact) mass is 634 g/mol. The smallest absolute Gasteiger partial charge is 0.335 e. The van der Waals surface area contributed by atoms with Crippen LogP contribution in [0.1, 0.15) is 54.3 Å². The van der Waals surface area contributed by atoms with Crippen molar-refractivity contribution in [3.8, 4) is 5.75 Å². The first-order valence-electron chi connectivity index (χ1n) is 14.0. The van der Waals surface area contributed by atoms with E-state index in [-0.39, 0.29) is 28.4 Å². The second kappa shape index (κ2) is 14.0. The molecule has 0 radical (unpaired) electrons. The fraction of sp³-hybridized carbons (Fsp3) is 0.483. The van der Waals surface area contributed by atoms with Gasteiger partial charge in [-0.2, -0.15) is 0 Å². The normalized spacial score (nSPS) is 24.5. The molecule has 2 amide bonds. The van der Waals surface area contributed by atoms with Gasteiger partial charge in [0.1, 0.15) is 29.9 Å². The van der Waals surface area contributed by atoms with Crippen molar-refractivity contribution in [3.05, 3.63) is 46.6 Å². The number of nitrogens with one attached hydrogen (secondary N) is 2. The number of rotatable bonds is 9. The van der Waals surface area contributed by atoms with Gasteiger partial charge in [0.2, 0.25) is 12.2 Å². The lowest BCUT2D eigenvalue weighted by Gasteiger charge is -2.38. The SMILES string of the molecule is CC(=O)c1cc(O[C@@H]2O[C@H](C(=O)O)[C@@H](O)[C@H](O)[C@H]2O)c(NC(=O)C2CCN(C(C)C)CC2)c(C(=O)Nc2ccc(Cl)cn2)c1. The first kappa shape index (κ1) is 33.2. The lowest BCUT2D eigenvalue weighted by molar-refractivity contribution is -0.271. The number of carbonyl (C=O) groups excluding carboxylic acids is 3. The lowest BCUT2D eigenvalue weighted by Crippen LogP contribution is -2.61. The number of carboxylic acid groups (broad SMARTS) is 1. The number of nitrogens with zero attached hydrogens (tertiary/aromatic N) is 2. The van der Waals surface area contributed by atoms with Gasteiger partial charge < -0.3 is 45.4 Å². The minimum Gasteiger partial charge on any atom is -0.479 e. The number of halogens is 1. The highest BCUT2D eigenvalue weighted by Crippen LogP contribution is 2.36. The van der Waals surface area contributed by atoms with E-state index in [2.05, 4.69) is 34.4 Å². The van der Waals surface area contributed by atoms with Gasteiger partial charge in [-0.25, -0.2) is 9.78 Å². The Morgan fingerprint density at radius 1 is 1.05 bits per heavy atom. The van der Waals surface area contributed by atoms with Gasteiger partial charge in [0.25, 0.3) is 5.91 Å². The second-order valence-corrected chi connectivity index (χ2v) is 11.5. The molecule has 238 valence electrons. The predicted octanol–water partition coefficient (Wildman–Crippen LogP) is 1.52. The van der Waals surface area contributed by atoms with E-state index in [0.717, 1.165) is 0 Å². The lowest BCUT2D eigenvalue weighted by atomic mass is 9.94. The van der Waals surface area contributed by atoms with Crippen molar-refractivity contribution in [1.29, 1.82) is 0 Å². The number of piperidine rings is 1. The van der Waals surface area contributed by atoms with Crippen LogP contribution < -0.4 is 15.4 Å². The Labute approximate surface area is 257 Å². The predicted molar refractivity (Wildman–Crippen MR) is 157 cm³/mol. The molecule has 14 nitrogen and oxygen atoms in total. The van der Waals surface area contributed by atoms with E-state index in [4.69, 9.17) is 21.1 Å². The first-order valence-corrected chi connectivity index (χ1v) is 14.4. The highest BCUT2D eigenvalue weighted by Gasteiger charge is 2.48. The number of hydrogen-bond donors (Lipinski definition) is 6. The Morgan fingerprint density at radius 2 is 1.73 bits per heavy atom. The van der Waals surface area contributed by atoms with Crippen molar-refractivity contribution in [2.75, 3.05) is 23.7 Å². The van der Waals surface area contributed by atoms with Gasteiger partial charge in [-0.05, 0) is 71.0 Å². The van der Waals surface area contributed by atoms with Gasteiger partial charge in [-0.1, -0.05) is 11.6 Å². The van der Waals surface area contributed by atoms with Gasteiger partial charge >= 0.3 is 5.97 Å². The zero-order chi connectivity index (χ0) is 32.3. The number of aliphatic hydroxyl groups is 3. The fourth-order valence-corrected chi connectivity index (χ4v) is 5.14. The molecule has 5 atom stereocenters. The maximum atomic E-state index is 13.6. The van der Waals surface area contributed by atoms with Crippen molar-refractivity contribution >= 4 is 46.7 Å². The van der Waals surface area contributed by atoms with Crippen molar-refractivity contribution in [2.24, 2.45) is 5.92 Å². The number of hydrogen-bond acceptors (Lipinski definition) is 11. The topological polar surface area (TPSA) is 208 Å². The van der Waals surface area contributed by atoms with Crippen LogP contribution in [0.5, 0.6) is 5.75 Å². The maximum absolute atomic E-state index is 13.6. The number of carbonyl (C=O) groups is 4. The van der Waals surface area contributed by atoms with Crippen LogP contribution in [0.25, 0.3) is 0 Å². The molecule has 44 heavy (non-hydrogen) atoms. The number of ether oxygens (including phenoxy) is 2. The van der Waals surface area contributed by atoms with E-state index in [1.165, 1.54) is 37.4 Å². The molecule has 6 N–H and O–H groups in total. The van der Waals surface area contributed by atoms with Crippen molar-refractivity contribution in [3.63, 3.8) is 0 Å². The Kier molecular flexibility index (Phi) is 10.6. The van der Waals surface area contributed by atoms with Crippen LogP contribution >= 0.6 is 11.6 Å². The summed E-state index contributed by atoms with van der Waals surface area (Å²) in [5.41, 5.74) is -0.433. The zero-order valence-corrected chi connectivity index (χ0v) is 25.0. The van der Waals surface area contributed by atoms with E-state index in [9.17, 15) is 39.6 Å². The molecule has 2 saturated heterocycles. The van der Waals surface area contributed by atoms with Crippen LogP contribution in [0.3, 0.4) is 0 Å². The van der Waals surface area contributed by atoms with E-state index < -0.39 is 60.2 Å². The molecular weight excluding hydrogens is 600 g/mol. The Hall–Kier alpha value is -3.66. The van der Waals surface area contributed by atoms with Crippen LogP contribution in [-0.2, 0) is 14.3 Å². The molecule has 15 heteroatoms. The minimum absolute atomic E-state index is 0.0295. The third-order valence-electron chi connectivity index (χ3n) is 7.66. The highest BCUT2D eigenvalue weighted by atomic mass is 35.5. The maximum Gasteiger partial charge on any atom is 0.335 e. The summed E-state index contributed by atoms with van der Waals surface area (Å²) >= 11 is 5.90. The number of aliphatic carboxylic acids is 1. The number of amides is 2. The molecule has 2 fully saturated rings. The number of Topliss-reactive ketones (excluding diaryl/α,β-unsaturated/α-hetero) is 1. The first-order chi connectivity index (χ1) is 20.8. The Morgan fingerprint density at radius 3 is 2.30 bits per heavy atom. The van der Waals surface area contributed by atoms with Crippen molar-refractivity contribution in [2.45, 2.75) is 70.4 Å². The summed E-state index contributed by atoms with van der Waals surface area (Å²) in [6.45, 7) is 6.71. The number of anilines is 2. The third kappa shape index (κ3) is 7.52. The molecule has 1 aromatic heterocycles. The second-order valence-electron chi connectivity index (χ2n) is 11.0. The summed E-state index contributed by atoms with van der Waals surface area (Å²) < 4.78 is 11.0. The fourth-order valence-electron chi connectivity index (χ4n) is 5.03. The van der Waals surface area contributed by atoms with Crippen LogP contribution in [0.15, 0.2) is 30.5 Å². The summed E-state index contributed by atoms with van der Waals surface area (Å²) in [5.74, 6) is -3.98. The Balaban J connectivity index is 1.74. The van der Waals surface area contributed by atoms with Gasteiger partial charge in [-0.15, -0.1) is 0 Å². The van der Waals surface area contributed by atoms with Gasteiger partial charge in [0.05, 0.1) is 16.3 Å². The van der Waals surface area contributed by atoms with E-state index in [1.54, 1.807) is 0 Å². The molecule has 2 aliphatic heterocycles. The van der Waals surface area contributed by atoms with Gasteiger partial charge in [-0.3, -0.25) is 14.4 Å². The highest BCUT2D eigenvalue weighted by molar-refractivity contribution is 6.30. The molecule has 0 unspecified atom stereocenters. The van der Waals surface area contributed by atoms with Crippen molar-refractivity contribution in [1.82, 2.24) is 9.88 Å². The number of ketones is 1. The summed E-state index contributed by atoms with van der Waals surface area (Å²) in [4.78, 5) is 57.5. The molecular formula is C29H35ClN4O10. The molecule has 2 aromatic rings. The number of pyridine rings is 1. The number of aliphatic hydroxyl groups excluding tert-OH is 3. The average molecular weight is 635 g/mol. The van der Waals surface area contributed by atoms with E-state index in [1.807, 2.05) is 0 Å². The third-order valence-corrected chi connectivity index (χ3v) is 7.88. The Bertz CT molecular complexity index is 1400. The molecule has 2 aliphatic rings. The quantitative estimate of drug-likeness (QED) is 0.217. The summed E-state index contributed by atoms with van der Waals surface area (Å²) in [6, 6.07) is 5.68. The summed E-state index contributed by atoms with van der Waals surface area (Å²) in [7, 11) is 0. The van der Waals surface area contributed by atoms with E-state index in [0.29, 0.717) is 37.0 Å². The van der Waals surface area contributed by atoms with E-state index >= 15 is 0 Å². The minimum atomic E-state index is -1.98. The summed E-state index contributed by atoms with van der Waals surface area (Å²) in [6.07, 6.45) is -7.37. The van der Waals surface area contributed by atoms with Gasteiger partial charge in [0, 0.05) is 23.7 Å². The molecule has 0 saturated carbocycles. The number of likely N-dealkylation sites (tertiary alicyclic amines) is 1. The summed E-state index contributed by atoms with van der Waals surface area (Å²) in [5, 5.41) is 46.0. The van der Waals surface area contributed by atoms with Crippen LogP contribution in [0.2, 0.25) is 5.02 Å². The van der Waals surface area contributed by atoms with Crippen LogP contribution in [0.4, 0.5) is 11.5 Å². The molecule has 4 rings (SSSR count). The van der Waals surface area contributed by atoms with Crippen LogP contribution in [-0.4, -0.2) is 104 Å². The average Bonchev–Trinajstić information content (AvgIpc) is 2.98. The van der Waals surface area contributed by atoms with Gasteiger partial charge in [0.15, 0.2) is 11.9 Å².